The van der Waals surface area contributed by atoms with Crippen molar-refractivity contribution in [3.05, 3.63) is 23.3 Å². The number of hydrogen-bond acceptors (Lipinski definition) is 11. The predicted octanol–water partition coefficient (Wildman–Crippen LogP) is 6.17. The Bertz CT molecular complexity index is 1410. The van der Waals surface area contributed by atoms with E-state index in [4.69, 9.17) is 40.0 Å². The molecule has 12 nitrogen and oxygen atoms in total. The van der Waals surface area contributed by atoms with Crippen LogP contribution in [0.25, 0.3) is 0 Å². The van der Waals surface area contributed by atoms with E-state index in [1.807, 2.05) is 13.8 Å². The van der Waals surface area contributed by atoms with E-state index in [0.717, 1.165) is 36.8 Å². The van der Waals surface area contributed by atoms with E-state index in [0.29, 0.717) is 32.1 Å². The number of methoxy groups -OCH3 is 4. The maximum Gasteiger partial charge on any atom is 0.329 e. The number of amides is 1. The summed E-state index contributed by atoms with van der Waals surface area (Å²) in [5.41, 5.74) is 1.93. The van der Waals surface area contributed by atoms with Gasteiger partial charge in [-0.25, -0.2) is 4.79 Å². The third-order valence-electron chi connectivity index (χ3n) is 13.3. The summed E-state index contributed by atoms with van der Waals surface area (Å²) in [6, 6.07) is -1.07. The van der Waals surface area contributed by atoms with Crippen LogP contribution < -0.4 is 0 Å². The van der Waals surface area contributed by atoms with Crippen molar-refractivity contribution >= 4 is 29.3 Å². The molecule has 13 heteroatoms. The maximum absolute atomic E-state index is 14.4. The number of piperidine rings is 1. The molecule has 15 atom stereocenters. The molecule has 0 aromatic carbocycles. The van der Waals surface area contributed by atoms with Gasteiger partial charge in [0, 0.05) is 59.2 Å². The van der Waals surface area contributed by atoms with Gasteiger partial charge in [0.05, 0.1) is 35.9 Å². The number of fused-ring (bicyclic) bond motifs is 3. The van der Waals surface area contributed by atoms with Crippen molar-refractivity contribution < 1.29 is 53.0 Å². The third kappa shape index (κ3) is 11.5. The van der Waals surface area contributed by atoms with Gasteiger partial charge < -0.3 is 43.5 Å². The number of cyclic esters (lactones) is 1. The molecular weight excluding hydrogens is 754 g/mol. The lowest BCUT2D eigenvalue weighted by molar-refractivity contribution is -0.302. The minimum atomic E-state index is -2.47. The van der Waals surface area contributed by atoms with E-state index in [1.54, 1.807) is 35.4 Å². The summed E-state index contributed by atoms with van der Waals surface area (Å²) in [6.45, 7) is 11.9. The van der Waals surface area contributed by atoms with Crippen LogP contribution in [0.5, 0.6) is 0 Å². The molecule has 3 aliphatic heterocycles. The molecule has 57 heavy (non-hydrogen) atoms. The molecule has 1 saturated carbocycles. The van der Waals surface area contributed by atoms with Crippen LogP contribution in [-0.2, 0) is 42.8 Å². The van der Waals surface area contributed by atoms with Crippen molar-refractivity contribution in [3.8, 4) is 0 Å². The molecule has 2 bridgehead atoms. The molecule has 0 spiro atoms. The van der Waals surface area contributed by atoms with Crippen LogP contribution in [0.15, 0.2) is 23.3 Å². The Labute approximate surface area is 346 Å². The van der Waals surface area contributed by atoms with Crippen molar-refractivity contribution in [1.29, 1.82) is 0 Å². The van der Waals surface area contributed by atoms with Gasteiger partial charge in [-0.2, -0.15) is 0 Å². The molecule has 1 amide bonds. The molecule has 0 aromatic rings. The summed E-state index contributed by atoms with van der Waals surface area (Å²) in [4.78, 5) is 44.2. The highest BCUT2D eigenvalue weighted by Crippen LogP contribution is 2.39. The van der Waals surface area contributed by atoms with Crippen molar-refractivity contribution in [3.63, 3.8) is 0 Å². The molecule has 0 aromatic heterocycles. The second kappa shape index (κ2) is 21.6. The van der Waals surface area contributed by atoms with E-state index in [1.165, 1.54) is 4.90 Å². The van der Waals surface area contributed by atoms with Gasteiger partial charge in [-0.05, 0) is 95.5 Å². The summed E-state index contributed by atoms with van der Waals surface area (Å²) in [5, 5.41) is 23.9. The topological polar surface area (TPSA) is 150 Å². The molecule has 2 unspecified atom stereocenters. The first-order valence-electron chi connectivity index (χ1n) is 21.3. The Balaban J connectivity index is 1.78. The number of rotatable bonds is 7. The lowest BCUT2D eigenvalue weighted by atomic mass is 9.81. The summed E-state index contributed by atoms with van der Waals surface area (Å²) in [7, 11) is 6.45. The first-order chi connectivity index (χ1) is 27.0. The van der Waals surface area contributed by atoms with Gasteiger partial charge in [0.2, 0.25) is 5.79 Å². The quantitative estimate of drug-likeness (QED) is 0.132. The Morgan fingerprint density at radius 3 is 2.21 bits per heavy atom. The Morgan fingerprint density at radius 2 is 1.58 bits per heavy atom. The number of hydrogen-bond donors (Lipinski definition) is 2. The van der Waals surface area contributed by atoms with Crippen molar-refractivity contribution in [2.45, 2.75) is 172 Å². The monoisotopic (exact) mass is 825 g/mol. The molecule has 3 heterocycles. The molecule has 4 aliphatic rings. The lowest BCUT2D eigenvalue weighted by Crippen LogP contribution is -2.64. The number of ether oxygens (including phenoxy) is 6. The van der Waals surface area contributed by atoms with Crippen molar-refractivity contribution in [1.82, 2.24) is 4.90 Å². The van der Waals surface area contributed by atoms with Crippen LogP contribution in [0.1, 0.15) is 112 Å². The van der Waals surface area contributed by atoms with E-state index < -0.39 is 71.8 Å². The predicted molar refractivity (Wildman–Crippen MR) is 217 cm³/mol. The summed E-state index contributed by atoms with van der Waals surface area (Å²) >= 11 is 6.56. The van der Waals surface area contributed by atoms with Crippen LogP contribution in [0.4, 0.5) is 0 Å². The number of aliphatic hydroxyl groups is 2. The molecule has 0 radical (unpaired) electrons. The fourth-order valence-electron chi connectivity index (χ4n) is 9.79. The SMILES string of the molecule is CC[C@@H]1/C=C(\C)C[C@H](C)C[C@H](OC)[C@H]2OC(O)(C(=O)C(=O)N3CCCC[C@H]3C(=O)O[C@H](/C(C)=C/[C@@H]3CC[C@H](Cl)[C@H](OC)C3)[C@H](C)[C@@H](O)CC1OC)[C@H](C)C[C@@H]2OC. The van der Waals surface area contributed by atoms with Gasteiger partial charge >= 0.3 is 5.97 Å². The average molecular weight is 827 g/mol. The average Bonchev–Trinajstić information content (AvgIpc) is 3.20. The van der Waals surface area contributed by atoms with Crippen LogP contribution in [0.2, 0.25) is 0 Å². The number of Topliss-reactive ketones (excluding diaryl/α,β-unsaturated/α-hetero) is 1. The first-order valence-corrected chi connectivity index (χ1v) is 21.7. The third-order valence-corrected chi connectivity index (χ3v) is 13.8. The van der Waals surface area contributed by atoms with Gasteiger partial charge in [-0.3, -0.25) is 9.59 Å². The molecule has 2 saturated heterocycles. The zero-order chi connectivity index (χ0) is 42.2. The van der Waals surface area contributed by atoms with Crippen LogP contribution >= 0.6 is 11.6 Å². The number of esters is 1. The smallest absolute Gasteiger partial charge is 0.329 e. The van der Waals surface area contributed by atoms with E-state index in [9.17, 15) is 24.6 Å². The number of halogens is 1. The summed E-state index contributed by atoms with van der Waals surface area (Å²) < 4.78 is 36.2. The minimum absolute atomic E-state index is 0.00889. The highest BCUT2D eigenvalue weighted by atomic mass is 35.5. The summed E-state index contributed by atoms with van der Waals surface area (Å²) in [5.74, 6) is -6.36. The number of ketones is 1. The van der Waals surface area contributed by atoms with Gasteiger partial charge in [0.25, 0.3) is 11.7 Å². The zero-order valence-electron chi connectivity index (χ0n) is 36.1. The fraction of sp³-hybridized carbons (Fsp3) is 0.841. The van der Waals surface area contributed by atoms with E-state index in [-0.39, 0.29) is 54.7 Å². The van der Waals surface area contributed by atoms with Crippen LogP contribution in [-0.4, -0.2) is 128 Å². The number of alkyl halides is 1. The van der Waals surface area contributed by atoms with E-state index >= 15 is 0 Å². The number of aliphatic hydroxyl groups excluding tert-OH is 1. The maximum atomic E-state index is 14.4. The second-order valence-corrected chi connectivity index (χ2v) is 18.1. The zero-order valence-corrected chi connectivity index (χ0v) is 36.9. The van der Waals surface area contributed by atoms with Crippen LogP contribution in [0.3, 0.4) is 0 Å². The Morgan fingerprint density at radius 1 is 0.930 bits per heavy atom. The fourth-order valence-corrected chi connectivity index (χ4v) is 10.1. The van der Waals surface area contributed by atoms with Gasteiger partial charge in [0.15, 0.2) is 0 Å². The van der Waals surface area contributed by atoms with E-state index in [2.05, 4.69) is 32.9 Å². The Hall–Kier alpha value is -1.90. The van der Waals surface area contributed by atoms with Crippen LogP contribution in [0, 0.1) is 29.6 Å². The van der Waals surface area contributed by atoms with Crippen molar-refractivity contribution in [2.75, 3.05) is 35.0 Å². The molecule has 326 valence electrons. The standard InChI is InChI=1S/C44H72ClNO11/c1-11-31-19-25(2)18-26(3)20-37(54-9)40-38(55-10)22-28(5)44(51,57-40)41(48)42(49)46-17-13-12-14-33(46)43(50)56-39(29(6)34(47)24-35(31)52-7)27(4)21-30-15-16-32(45)36(23-30)53-8/h19,21,26,28-40,47,51H,11-18,20,22-24H2,1-10H3/b25-19+,27-21+/t26-,28+,29+,30-,31+,32-,33-,34-,35?,36+,37-,38-,39+,40+,44?/m0/s1. The number of carbonyl (C=O) groups is 3. The highest BCUT2D eigenvalue weighted by molar-refractivity contribution is 6.39. The molecule has 2 N–H and O–H groups in total. The summed E-state index contributed by atoms with van der Waals surface area (Å²) in [6.07, 6.45) is 6.67. The van der Waals surface area contributed by atoms with Crippen molar-refractivity contribution in [2.24, 2.45) is 29.6 Å². The molecule has 1 aliphatic carbocycles. The minimum Gasteiger partial charge on any atom is -0.456 e. The molecule has 3 fully saturated rings. The Kier molecular flexibility index (Phi) is 18.1. The largest absolute Gasteiger partial charge is 0.456 e. The molecular formula is C44H72ClNO11. The highest BCUT2D eigenvalue weighted by Gasteiger charge is 2.56. The van der Waals surface area contributed by atoms with Gasteiger partial charge in [-0.1, -0.05) is 45.4 Å². The molecule has 4 rings (SSSR count). The van der Waals surface area contributed by atoms with Gasteiger partial charge in [0.1, 0.15) is 18.2 Å². The number of allylic oxidation sites excluding steroid dienone is 2. The first kappa shape index (κ1) is 47.8. The van der Waals surface area contributed by atoms with Gasteiger partial charge in [-0.15, -0.1) is 11.6 Å². The normalized spacial score (nSPS) is 42.3. The number of carbonyl (C=O) groups excluding carboxylic acids is 3. The number of nitrogens with zero attached hydrogens (tertiary/aromatic N) is 1. The second-order valence-electron chi connectivity index (χ2n) is 17.5. The lowest BCUT2D eigenvalue weighted by Gasteiger charge is -2.47.